The van der Waals surface area contributed by atoms with E-state index in [0.29, 0.717) is 0 Å². The summed E-state index contributed by atoms with van der Waals surface area (Å²) in [6.07, 6.45) is 6.49. The Balaban J connectivity index is 2.34. The quantitative estimate of drug-likeness (QED) is 0.732. The zero-order chi connectivity index (χ0) is 11.3. The van der Waals surface area contributed by atoms with Gasteiger partial charge in [0.1, 0.15) is 0 Å². The van der Waals surface area contributed by atoms with Gasteiger partial charge in [-0.25, -0.2) is 0 Å². The third-order valence-corrected chi connectivity index (χ3v) is 2.91. The molecule has 0 aliphatic heterocycles. The predicted molar refractivity (Wildman–Crippen MR) is 64.9 cm³/mol. The van der Waals surface area contributed by atoms with Gasteiger partial charge in [0.15, 0.2) is 0 Å². The Bertz CT molecular complexity index is 302. The fraction of sp³-hybridized carbons (Fsp3) is 0.750. The number of anilines is 1. The Morgan fingerprint density at radius 1 is 1.13 bits per heavy atom. The van der Waals surface area contributed by atoms with Gasteiger partial charge < -0.3 is 5.73 Å². The number of aromatic nitrogens is 2. The average molecular weight is 209 g/mol. The lowest BCUT2D eigenvalue weighted by atomic mass is 10.1. The number of rotatable bonds is 6. The summed E-state index contributed by atoms with van der Waals surface area (Å²) in [6.45, 7) is 7.26. The summed E-state index contributed by atoms with van der Waals surface area (Å²) < 4.78 is 2.04. The molecule has 1 rings (SSSR count). The normalized spacial score (nSPS) is 10.9. The van der Waals surface area contributed by atoms with Crippen LogP contribution in [0.1, 0.15) is 50.4 Å². The number of hydrogen-bond donors (Lipinski definition) is 1. The lowest BCUT2D eigenvalue weighted by Crippen LogP contribution is -2.03. The van der Waals surface area contributed by atoms with Gasteiger partial charge >= 0.3 is 0 Å². The van der Waals surface area contributed by atoms with Gasteiger partial charge in [-0.1, -0.05) is 32.6 Å². The van der Waals surface area contributed by atoms with Crippen molar-refractivity contribution in [2.24, 2.45) is 0 Å². The summed E-state index contributed by atoms with van der Waals surface area (Å²) in [5.41, 5.74) is 8.79. The van der Waals surface area contributed by atoms with Crippen LogP contribution in [0.2, 0.25) is 0 Å². The molecule has 1 heterocycles. The summed E-state index contributed by atoms with van der Waals surface area (Å²) in [6, 6.07) is 0. The molecule has 3 heteroatoms. The van der Waals surface area contributed by atoms with E-state index in [2.05, 4.69) is 12.0 Å². The van der Waals surface area contributed by atoms with Gasteiger partial charge in [-0.2, -0.15) is 5.10 Å². The van der Waals surface area contributed by atoms with Crippen molar-refractivity contribution in [1.82, 2.24) is 9.78 Å². The van der Waals surface area contributed by atoms with Crippen LogP contribution in [0.3, 0.4) is 0 Å². The molecule has 3 nitrogen and oxygen atoms in total. The second-order valence-electron chi connectivity index (χ2n) is 4.22. The smallest absolute Gasteiger partial charge is 0.0825 e. The Morgan fingerprint density at radius 2 is 1.80 bits per heavy atom. The van der Waals surface area contributed by atoms with Crippen molar-refractivity contribution in [2.75, 3.05) is 5.73 Å². The highest BCUT2D eigenvalue weighted by molar-refractivity contribution is 5.46. The highest BCUT2D eigenvalue weighted by Crippen LogP contribution is 2.15. The number of nitrogen functional groups attached to an aromatic ring is 1. The highest BCUT2D eigenvalue weighted by Gasteiger charge is 2.06. The molecular weight excluding hydrogens is 186 g/mol. The molecule has 0 spiro atoms. The summed E-state index contributed by atoms with van der Waals surface area (Å²) >= 11 is 0. The number of nitrogens with two attached hydrogens (primary N) is 1. The van der Waals surface area contributed by atoms with Crippen LogP contribution in [0.4, 0.5) is 5.69 Å². The maximum Gasteiger partial charge on any atom is 0.0825 e. The monoisotopic (exact) mass is 209 g/mol. The molecule has 0 saturated heterocycles. The van der Waals surface area contributed by atoms with E-state index in [1.54, 1.807) is 0 Å². The number of nitrogens with zero attached hydrogens (tertiary/aromatic N) is 2. The molecule has 0 saturated carbocycles. The second-order valence-corrected chi connectivity index (χ2v) is 4.22. The summed E-state index contributed by atoms with van der Waals surface area (Å²) in [4.78, 5) is 0. The first-order valence-corrected chi connectivity index (χ1v) is 5.96. The fourth-order valence-electron chi connectivity index (χ4n) is 1.79. The lowest BCUT2D eigenvalue weighted by molar-refractivity contribution is 0.523. The first-order chi connectivity index (χ1) is 7.16. The zero-order valence-electron chi connectivity index (χ0n) is 10.2. The molecule has 0 bridgehead atoms. The largest absolute Gasteiger partial charge is 0.396 e. The maximum atomic E-state index is 5.87. The van der Waals surface area contributed by atoms with Gasteiger partial charge in [0.25, 0.3) is 0 Å². The van der Waals surface area contributed by atoms with E-state index >= 15 is 0 Å². The minimum absolute atomic E-state index is 0.851. The third-order valence-electron chi connectivity index (χ3n) is 2.91. The average Bonchev–Trinajstić information content (AvgIpc) is 2.46. The Labute approximate surface area is 92.7 Å². The van der Waals surface area contributed by atoms with Crippen LogP contribution in [0, 0.1) is 13.8 Å². The summed E-state index contributed by atoms with van der Waals surface area (Å²) in [5.74, 6) is 0. The fourth-order valence-corrected chi connectivity index (χ4v) is 1.79. The SMILES string of the molecule is CCCCCCCn1nc(C)c(N)c1C. The van der Waals surface area contributed by atoms with Gasteiger partial charge in [-0.3, -0.25) is 4.68 Å². The zero-order valence-corrected chi connectivity index (χ0v) is 10.2. The first kappa shape index (κ1) is 12.1. The van der Waals surface area contributed by atoms with Crippen molar-refractivity contribution in [3.05, 3.63) is 11.4 Å². The number of unbranched alkanes of at least 4 members (excludes halogenated alkanes) is 4. The first-order valence-electron chi connectivity index (χ1n) is 5.96. The molecule has 0 fully saturated rings. The van der Waals surface area contributed by atoms with Crippen molar-refractivity contribution in [1.29, 1.82) is 0 Å². The Hall–Kier alpha value is -0.990. The molecule has 0 unspecified atom stereocenters. The standard InChI is InChI=1S/C12H23N3/c1-4-5-6-7-8-9-15-11(3)12(13)10(2)14-15/h4-9,13H2,1-3H3. The molecule has 1 aromatic heterocycles. The predicted octanol–water partition coefficient (Wildman–Crippen LogP) is 3.05. The second kappa shape index (κ2) is 5.79. The van der Waals surface area contributed by atoms with Crippen molar-refractivity contribution in [3.8, 4) is 0 Å². The van der Waals surface area contributed by atoms with E-state index in [4.69, 9.17) is 5.73 Å². The molecule has 0 aliphatic carbocycles. The van der Waals surface area contributed by atoms with E-state index in [9.17, 15) is 0 Å². The van der Waals surface area contributed by atoms with Crippen molar-refractivity contribution < 1.29 is 0 Å². The maximum absolute atomic E-state index is 5.87. The van der Waals surface area contributed by atoms with E-state index in [1.165, 1.54) is 32.1 Å². The van der Waals surface area contributed by atoms with Gasteiger partial charge in [-0.05, 0) is 20.3 Å². The number of hydrogen-bond acceptors (Lipinski definition) is 2. The minimum atomic E-state index is 0.851. The van der Waals surface area contributed by atoms with Crippen LogP contribution in [0.25, 0.3) is 0 Å². The van der Waals surface area contributed by atoms with E-state index in [0.717, 1.165) is 23.6 Å². The topological polar surface area (TPSA) is 43.8 Å². The summed E-state index contributed by atoms with van der Waals surface area (Å²) in [7, 11) is 0. The van der Waals surface area contributed by atoms with Crippen molar-refractivity contribution in [3.63, 3.8) is 0 Å². The highest BCUT2D eigenvalue weighted by atomic mass is 15.3. The molecule has 0 aliphatic rings. The molecule has 1 aromatic rings. The van der Waals surface area contributed by atoms with Gasteiger partial charge in [0.05, 0.1) is 17.1 Å². The number of aryl methyl sites for hydroxylation is 2. The third kappa shape index (κ3) is 3.26. The summed E-state index contributed by atoms with van der Waals surface area (Å²) in [5, 5.41) is 4.42. The minimum Gasteiger partial charge on any atom is -0.396 e. The molecule has 0 atom stereocenters. The van der Waals surface area contributed by atoms with Crippen LogP contribution in [-0.2, 0) is 6.54 Å². The Kier molecular flexibility index (Phi) is 4.66. The van der Waals surface area contributed by atoms with Crippen LogP contribution in [-0.4, -0.2) is 9.78 Å². The molecule has 0 radical (unpaired) electrons. The van der Waals surface area contributed by atoms with Crippen LogP contribution >= 0.6 is 0 Å². The molecule has 0 aromatic carbocycles. The molecule has 0 amide bonds. The van der Waals surface area contributed by atoms with Crippen LogP contribution in [0.15, 0.2) is 0 Å². The molecule has 2 N–H and O–H groups in total. The molecular formula is C12H23N3. The van der Waals surface area contributed by atoms with Crippen molar-refractivity contribution >= 4 is 5.69 Å². The van der Waals surface area contributed by atoms with E-state index in [1.807, 2.05) is 18.5 Å². The molecule has 15 heavy (non-hydrogen) atoms. The lowest BCUT2D eigenvalue weighted by Gasteiger charge is -2.04. The van der Waals surface area contributed by atoms with Crippen LogP contribution in [0.5, 0.6) is 0 Å². The van der Waals surface area contributed by atoms with Crippen molar-refractivity contribution in [2.45, 2.75) is 59.4 Å². The molecule has 86 valence electrons. The Morgan fingerprint density at radius 3 is 2.33 bits per heavy atom. The van der Waals surface area contributed by atoms with E-state index in [-0.39, 0.29) is 0 Å². The van der Waals surface area contributed by atoms with Gasteiger partial charge in [0.2, 0.25) is 0 Å². The van der Waals surface area contributed by atoms with E-state index < -0.39 is 0 Å². The van der Waals surface area contributed by atoms with Crippen LogP contribution < -0.4 is 5.73 Å². The van der Waals surface area contributed by atoms with Gasteiger partial charge in [0, 0.05) is 6.54 Å². The van der Waals surface area contributed by atoms with Gasteiger partial charge in [-0.15, -0.1) is 0 Å².